The molecule has 1 rings (SSSR count). The first kappa shape index (κ1) is 14.5. The van der Waals surface area contributed by atoms with Gasteiger partial charge in [0.15, 0.2) is 0 Å². The average molecular weight is 240 g/mol. The Morgan fingerprint density at radius 3 is 2.53 bits per heavy atom. The number of carbonyl (C=O) groups is 1. The molecule has 0 heterocycles. The summed E-state index contributed by atoms with van der Waals surface area (Å²) in [5.74, 6) is 1.49. The smallest absolute Gasteiger partial charge is 0.220 e. The second-order valence-corrected chi connectivity index (χ2v) is 5.62. The van der Waals surface area contributed by atoms with Crippen molar-refractivity contribution in [1.29, 1.82) is 0 Å². The highest BCUT2D eigenvalue weighted by atomic mass is 16.1. The maximum absolute atomic E-state index is 11.8. The van der Waals surface area contributed by atoms with E-state index in [1.54, 1.807) is 0 Å². The molecule has 2 atom stereocenters. The van der Waals surface area contributed by atoms with Crippen LogP contribution in [0, 0.1) is 11.8 Å². The number of nitrogens with two attached hydrogens (primary N) is 1. The van der Waals surface area contributed by atoms with Gasteiger partial charge in [-0.3, -0.25) is 4.79 Å². The molecule has 1 saturated carbocycles. The van der Waals surface area contributed by atoms with Crippen molar-refractivity contribution < 1.29 is 4.79 Å². The van der Waals surface area contributed by atoms with Crippen LogP contribution >= 0.6 is 0 Å². The SMILES string of the molecule is CC(CCN)CCC(=O)N[C@H](C)C1CCCC1. The summed E-state index contributed by atoms with van der Waals surface area (Å²) in [6.45, 7) is 5.04. The molecule has 0 spiro atoms. The molecule has 3 N–H and O–H groups in total. The lowest BCUT2D eigenvalue weighted by Crippen LogP contribution is -2.37. The fourth-order valence-corrected chi connectivity index (χ4v) is 2.71. The van der Waals surface area contributed by atoms with E-state index in [0.717, 1.165) is 19.4 Å². The Balaban J connectivity index is 2.15. The summed E-state index contributed by atoms with van der Waals surface area (Å²) >= 11 is 0. The number of amides is 1. The zero-order valence-corrected chi connectivity index (χ0v) is 11.4. The fourth-order valence-electron chi connectivity index (χ4n) is 2.71. The van der Waals surface area contributed by atoms with Crippen LogP contribution in [-0.2, 0) is 4.79 Å². The van der Waals surface area contributed by atoms with Crippen molar-refractivity contribution in [3.8, 4) is 0 Å². The summed E-state index contributed by atoms with van der Waals surface area (Å²) in [7, 11) is 0. The quantitative estimate of drug-likeness (QED) is 0.718. The first-order valence-electron chi connectivity index (χ1n) is 7.13. The largest absolute Gasteiger partial charge is 0.353 e. The van der Waals surface area contributed by atoms with Crippen molar-refractivity contribution in [3.05, 3.63) is 0 Å². The Labute approximate surface area is 106 Å². The highest BCUT2D eigenvalue weighted by Gasteiger charge is 2.22. The second kappa shape index (κ2) is 7.70. The van der Waals surface area contributed by atoms with E-state index in [1.165, 1.54) is 25.7 Å². The van der Waals surface area contributed by atoms with E-state index < -0.39 is 0 Å². The lowest BCUT2D eigenvalue weighted by atomic mass is 9.98. The number of nitrogens with one attached hydrogen (secondary N) is 1. The van der Waals surface area contributed by atoms with Crippen molar-refractivity contribution in [2.45, 2.75) is 64.8 Å². The monoisotopic (exact) mass is 240 g/mol. The van der Waals surface area contributed by atoms with Crippen molar-refractivity contribution >= 4 is 5.91 Å². The maximum atomic E-state index is 11.8. The van der Waals surface area contributed by atoms with Gasteiger partial charge in [-0.05, 0) is 51.0 Å². The van der Waals surface area contributed by atoms with Crippen molar-refractivity contribution in [3.63, 3.8) is 0 Å². The maximum Gasteiger partial charge on any atom is 0.220 e. The van der Waals surface area contributed by atoms with Crippen LogP contribution < -0.4 is 11.1 Å². The van der Waals surface area contributed by atoms with E-state index >= 15 is 0 Å². The molecule has 0 saturated heterocycles. The topological polar surface area (TPSA) is 55.1 Å². The summed E-state index contributed by atoms with van der Waals surface area (Å²) in [5, 5.41) is 3.15. The lowest BCUT2D eigenvalue weighted by molar-refractivity contribution is -0.122. The number of hydrogen-bond donors (Lipinski definition) is 2. The van der Waals surface area contributed by atoms with Crippen molar-refractivity contribution in [2.24, 2.45) is 17.6 Å². The predicted molar refractivity (Wildman–Crippen MR) is 71.6 cm³/mol. The van der Waals surface area contributed by atoms with E-state index in [1.807, 2.05) is 0 Å². The van der Waals surface area contributed by atoms with E-state index in [0.29, 0.717) is 24.3 Å². The second-order valence-electron chi connectivity index (χ2n) is 5.62. The highest BCUT2D eigenvalue weighted by Crippen LogP contribution is 2.27. The highest BCUT2D eigenvalue weighted by molar-refractivity contribution is 5.76. The van der Waals surface area contributed by atoms with Gasteiger partial charge in [0.25, 0.3) is 0 Å². The molecule has 1 fully saturated rings. The minimum atomic E-state index is 0.216. The van der Waals surface area contributed by atoms with Crippen molar-refractivity contribution in [2.75, 3.05) is 6.54 Å². The molecule has 0 aromatic rings. The van der Waals surface area contributed by atoms with Crippen LogP contribution in [0.15, 0.2) is 0 Å². The molecule has 100 valence electrons. The van der Waals surface area contributed by atoms with Crippen LogP contribution in [0.5, 0.6) is 0 Å². The van der Waals surface area contributed by atoms with Gasteiger partial charge in [-0.15, -0.1) is 0 Å². The van der Waals surface area contributed by atoms with Crippen LogP contribution in [-0.4, -0.2) is 18.5 Å². The Morgan fingerprint density at radius 2 is 1.94 bits per heavy atom. The number of rotatable bonds is 7. The molecule has 0 aromatic heterocycles. The van der Waals surface area contributed by atoms with E-state index in [2.05, 4.69) is 19.2 Å². The molecule has 17 heavy (non-hydrogen) atoms. The first-order chi connectivity index (χ1) is 8.13. The lowest BCUT2D eigenvalue weighted by Gasteiger charge is -2.20. The van der Waals surface area contributed by atoms with Crippen LogP contribution in [0.2, 0.25) is 0 Å². The third-order valence-corrected chi connectivity index (χ3v) is 4.02. The van der Waals surface area contributed by atoms with E-state index in [9.17, 15) is 4.79 Å². The summed E-state index contributed by atoms with van der Waals surface area (Å²) in [6, 6.07) is 0.356. The minimum Gasteiger partial charge on any atom is -0.353 e. The molecule has 1 amide bonds. The van der Waals surface area contributed by atoms with Gasteiger partial charge in [0.05, 0.1) is 0 Å². The molecular formula is C14H28N2O. The molecule has 1 aliphatic carbocycles. The average Bonchev–Trinajstić information content (AvgIpc) is 2.80. The third-order valence-electron chi connectivity index (χ3n) is 4.02. The Morgan fingerprint density at radius 1 is 1.29 bits per heavy atom. The standard InChI is InChI=1S/C14H28N2O/c1-11(9-10-15)7-8-14(17)16-12(2)13-5-3-4-6-13/h11-13H,3-10,15H2,1-2H3,(H,16,17)/t11?,12-/m1/s1. The number of carbonyl (C=O) groups excluding carboxylic acids is 1. The van der Waals surface area contributed by atoms with Crippen LogP contribution in [0.4, 0.5) is 0 Å². The summed E-state index contributed by atoms with van der Waals surface area (Å²) in [5.41, 5.74) is 5.50. The molecule has 0 aromatic carbocycles. The zero-order chi connectivity index (χ0) is 12.7. The van der Waals surface area contributed by atoms with Gasteiger partial charge < -0.3 is 11.1 Å². The van der Waals surface area contributed by atoms with E-state index in [-0.39, 0.29) is 5.91 Å². The van der Waals surface area contributed by atoms with Gasteiger partial charge in [-0.1, -0.05) is 19.8 Å². The molecule has 1 unspecified atom stereocenters. The summed E-state index contributed by atoms with van der Waals surface area (Å²) < 4.78 is 0. The Kier molecular flexibility index (Phi) is 6.56. The van der Waals surface area contributed by atoms with Crippen molar-refractivity contribution in [1.82, 2.24) is 5.32 Å². The Hall–Kier alpha value is -0.570. The number of hydrogen-bond acceptors (Lipinski definition) is 2. The fraction of sp³-hybridized carbons (Fsp3) is 0.929. The van der Waals surface area contributed by atoms with Gasteiger partial charge in [-0.25, -0.2) is 0 Å². The van der Waals surface area contributed by atoms with Crippen LogP contribution in [0.3, 0.4) is 0 Å². The van der Waals surface area contributed by atoms with Gasteiger partial charge in [0.2, 0.25) is 5.91 Å². The molecule has 1 aliphatic rings. The van der Waals surface area contributed by atoms with Gasteiger partial charge in [0.1, 0.15) is 0 Å². The van der Waals surface area contributed by atoms with Gasteiger partial charge in [0, 0.05) is 12.5 Å². The predicted octanol–water partition coefficient (Wildman–Crippen LogP) is 2.45. The minimum absolute atomic E-state index is 0.216. The summed E-state index contributed by atoms with van der Waals surface area (Å²) in [4.78, 5) is 11.8. The molecule has 3 heteroatoms. The first-order valence-corrected chi connectivity index (χ1v) is 7.13. The van der Waals surface area contributed by atoms with Crippen LogP contribution in [0.25, 0.3) is 0 Å². The molecule has 0 aliphatic heterocycles. The molecule has 0 radical (unpaired) electrons. The van der Waals surface area contributed by atoms with Gasteiger partial charge in [-0.2, -0.15) is 0 Å². The van der Waals surface area contributed by atoms with Gasteiger partial charge >= 0.3 is 0 Å². The molecular weight excluding hydrogens is 212 g/mol. The third kappa shape index (κ3) is 5.53. The Bertz CT molecular complexity index is 224. The molecule has 0 bridgehead atoms. The normalized spacial score (nSPS) is 20.2. The molecule has 3 nitrogen and oxygen atoms in total. The van der Waals surface area contributed by atoms with Crippen LogP contribution in [0.1, 0.15) is 58.8 Å². The summed E-state index contributed by atoms with van der Waals surface area (Å²) in [6.07, 6.45) is 7.86. The van der Waals surface area contributed by atoms with E-state index in [4.69, 9.17) is 5.73 Å². The zero-order valence-electron chi connectivity index (χ0n) is 11.4.